The Labute approximate surface area is 120 Å². The maximum Gasteiger partial charge on any atom is 0.296 e. The van der Waals surface area contributed by atoms with Crippen LogP contribution in [0.1, 0.15) is 40.0 Å². The van der Waals surface area contributed by atoms with Gasteiger partial charge in [0.1, 0.15) is 11.4 Å². The van der Waals surface area contributed by atoms with Gasteiger partial charge in [0.2, 0.25) is 0 Å². The molecule has 1 aromatic rings. The van der Waals surface area contributed by atoms with Crippen LogP contribution in [0.2, 0.25) is 0 Å². The number of nitrogens with one attached hydrogen (secondary N) is 1. The first-order chi connectivity index (χ1) is 9.51. The number of benzene rings is 1. The monoisotopic (exact) mass is 280 g/mol. The number of hydrogen-bond acceptors (Lipinski definition) is 4. The minimum atomic E-state index is -0.374. The van der Waals surface area contributed by atoms with Crippen LogP contribution in [0.25, 0.3) is 0 Å². The van der Waals surface area contributed by atoms with Crippen LogP contribution >= 0.6 is 0 Å². The summed E-state index contributed by atoms with van der Waals surface area (Å²) in [7, 11) is 1.50. The summed E-state index contributed by atoms with van der Waals surface area (Å²) in [6, 6.07) is 5.16. The van der Waals surface area contributed by atoms with Crippen molar-refractivity contribution in [3.63, 3.8) is 0 Å². The Morgan fingerprint density at radius 2 is 2.05 bits per heavy atom. The molecule has 0 heterocycles. The zero-order valence-electron chi connectivity index (χ0n) is 12.7. The van der Waals surface area contributed by atoms with Gasteiger partial charge in [-0.1, -0.05) is 27.2 Å². The number of nitro benzene ring substituents is 1. The average molecular weight is 280 g/mol. The van der Waals surface area contributed by atoms with Crippen LogP contribution < -0.4 is 10.1 Å². The van der Waals surface area contributed by atoms with Crippen LogP contribution in [0.5, 0.6) is 5.75 Å². The van der Waals surface area contributed by atoms with Crippen molar-refractivity contribution in [1.82, 2.24) is 0 Å². The van der Waals surface area contributed by atoms with E-state index in [-0.39, 0.29) is 16.7 Å². The summed E-state index contributed by atoms with van der Waals surface area (Å²) in [5, 5.41) is 14.4. The van der Waals surface area contributed by atoms with Crippen molar-refractivity contribution in [1.29, 1.82) is 0 Å². The van der Waals surface area contributed by atoms with Gasteiger partial charge >= 0.3 is 0 Å². The molecule has 1 N–H and O–H groups in total. The Morgan fingerprint density at radius 3 is 2.55 bits per heavy atom. The third-order valence-corrected chi connectivity index (χ3v) is 3.64. The SMILES string of the molecule is CCC(C)CC(CC)Nc1ccc(OC)cc1[N+](=O)[O-]. The highest BCUT2D eigenvalue weighted by Gasteiger charge is 2.18. The molecule has 20 heavy (non-hydrogen) atoms. The molecular formula is C15H24N2O3. The fraction of sp³-hybridized carbons (Fsp3) is 0.600. The molecule has 0 aliphatic heterocycles. The Hall–Kier alpha value is -1.78. The molecule has 0 bridgehead atoms. The second kappa shape index (κ2) is 7.72. The second-order valence-corrected chi connectivity index (χ2v) is 5.14. The lowest BCUT2D eigenvalue weighted by atomic mass is 9.97. The van der Waals surface area contributed by atoms with Crippen molar-refractivity contribution in [3.8, 4) is 5.75 Å². The average Bonchev–Trinajstić information content (AvgIpc) is 2.46. The number of ether oxygens (including phenoxy) is 1. The van der Waals surface area contributed by atoms with Crippen LogP contribution in [0.15, 0.2) is 18.2 Å². The Balaban J connectivity index is 2.91. The van der Waals surface area contributed by atoms with Crippen LogP contribution in [-0.4, -0.2) is 18.1 Å². The van der Waals surface area contributed by atoms with Gasteiger partial charge in [-0.3, -0.25) is 10.1 Å². The highest BCUT2D eigenvalue weighted by atomic mass is 16.6. The third-order valence-electron chi connectivity index (χ3n) is 3.64. The standard InChI is InChI=1S/C15H24N2O3/c1-5-11(3)9-12(6-2)16-14-8-7-13(20-4)10-15(14)17(18)19/h7-8,10-12,16H,5-6,9H2,1-4H3. The Bertz CT molecular complexity index is 449. The molecule has 0 saturated carbocycles. The highest BCUT2D eigenvalue weighted by molar-refractivity contribution is 5.64. The maximum atomic E-state index is 11.1. The summed E-state index contributed by atoms with van der Waals surface area (Å²) >= 11 is 0. The minimum absolute atomic E-state index is 0.0620. The smallest absolute Gasteiger partial charge is 0.296 e. The molecule has 0 spiro atoms. The van der Waals surface area contributed by atoms with Crippen LogP contribution in [0, 0.1) is 16.0 Å². The molecule has 2 unspecified atom stereocenters. The summed E-state index contributed by atoms with van der Waals surface area (Å²) in [6.45, 7) is 6.45. The molecule has 0 aliphatic carbocycles. The topological polar surface area (TPSA) is 64.4 Å². The van der Waals surface area contributed by atoms with Gasteiger partial charge in [0.15, 0.2) is 0 Å². The number of anilines is 1. The van der Waals surface area contributed by atoms with E-state index < -0.39 is 0 Å². The number of nitro groups is 1. The fourth-order valence-electron chi connectivity index (χ4n) is 2.11. The highest BCUT2D eigenvalue weighted by Crippen LogP contribution is 2.30. The van der Waals surface area contributed by atoms with E-state index >= 15 is 0 Å². The molecule has 5 heteroatoms. The Kier molecular flexibility index (Phi) is 6.28. The lowest BCUT2D eigenvalue weighted by molar-refractivity contribution is -0.384. The first-order valence-corrected chi connectivity index (χ1v) is 7.10. The van der Waals surface area contributed by atoms with E-state index in [0.29, 0.717) is 17.4 Å². The van der Waals surface area contributed by atoms with Gasteiger partial charge < -0.3 is 10.1 Å². The van der Waals surface area contributed by atoms with Gasteiger partial charge in [0.25, 0.3) is 5.69 Å². The molecule has 0 saturated heterocycles. The first-order valence-electron chi connectivity index (χ1n) is 7.10. The molecule has 2 atom stereocenters. The number of nitrogens with zero attached hydrogens (tertiary/aromatic N) is 1. The van der Waals surface area contributed by atoms with Crippen molar-refractivity contribution in [2.75, 3.05) is 12.4 Å². The summed E-state index contributed by atoms with van der Waals surface area (Å²) in [5.74, 6) is 1.10. The normalized spacial score (nSPS) is 13.6. The van der Waals surface area contributed by atoms with E-state index in [0.717, 1.165) is 19.3 Å². The van der Waals surface area contributed by atoms with E-state index in [1.54, 1.807) is 12.1 Å². The molecule has 1 aromatic carbocycles. The molecule has 1 rings (SSSR count). The lowest BCUT2D eigenvalue weighted by Gasteiger charge is -2.21. The van der Waals surface area contributed by atoms with Crippen molar-refractivity contribution in [3.05, 3.63) is 28.3 Å². The lowest BCUT2D eigenvalue weighted by Crippen LogP contribution is -2.21. The minimum Gasteiger partial charge on any atom is -0.496 e. The molecule has 112 valence electrons. The van der Waals surface area contributed by atoms with Crippen LogP contribution in [-0.2, 0) is 0 Å². The van der Waals surface area contributed by atoms with E-state index in [1.165, 1.54) is 13.2 Å². The summed E-state index contributed by atoms with van der Waals surface area (Å²) in [5.41, 5.74) is 0.623. The predicted molar refractivity (Wildman–Crippen MR) is 81.4 cm³/mol. The van der Waals surface area contributed by atoms with Crippen LogP contribution in [0.4, 0.5) is 11.4 Å². The van der Waals surface area contributed by atoms with E-state index in [9.17, 15) is 10.1 Å². The summed E-state index contributed by atoms with van der Waals surface area (Å²) < 4.78 is 5.04. The third kappa shape index (κ3) is 4.40. The number of rotatable bonds is 8. The molecule has 5 nitrogen and oxygen atoms in total. The molecule has 0 fully saturated rings. The number of hydrogen-bond donors (Lipinski definition) is 1. The molecule has 0 amide bonds. The first kappa shape index (κ1) is 16.3. The summed E-state index contributed by atoms with van der Waals surface area (Å²) in [4.78, 5) is 10.8. The zero-order valence-corrected chi connectivity index (χ0v) is 12.7. The zero-order chi connectivity index (χ0) is 15.1. The second-order valence-electron chi connectivity index (χ2n) is 5.14. The van der Waals surface area contributed by atoms with E-state index in [4.69, 9.17) is 4.74 Å². The molecule has 0 aliphatic rings. The van der Waals surface area contributed by atoms with E-state index in [2.05, 4.69) is 26.1 Å². The Morgan fingerprint density at radius 1 is 1.35 bits per heavy atom. The van der Waals surface area contributed by atoms with Crippen molar-refractivity contribution in [2.45, 2.75) is 46.1 Å². The van der Waals surface area contributed by atoms with Crippen molar-refractivity contribution >= 4 is 11.4 Å². The van der Waals surface area contributed by atoms with Gasteiger partial charge in [0, 0.05) is 6.04 Å². The van der Waals surface area contributed by atoms with Crippen molar-refractivity contribution in [2.24, 2.45) is 5.92 Å². The molecule has 0 radical (unpaired) electrons. The molecular weight excluding hydrogens is 256 g/mol. The van der Waals surface area contributed by atoms with Gasteiger partial charge in [0.05, 0.1) is 18.1 Å². The van der Waals surface area contributed by atoms with Crippen LogP contribution in [0.3, 0.4) is 0 Å². The quantitative estimate of drug-likeness (QED) is 0.571. The van der Waals surface area contributed by atoms with E-state index in [1.807, 2.05) is 0 Å². The maximum absolute atomic E-state index is 11.1. The van der Waals surface area contributed by atoms with Gasteiger partial charge in [-0.25, -0.2) is 0 Å². The largest absolute Gasteiger partial charge is 0.496 e. The molecule has 0 aromatic heterocycles. The summed E-state index contributed by atoms with van der Waals surface area (Å²) in [6.07, 6.45) is 3.06. The predicted octanol–water partition coefficient (Wildman–Crippen LogP) is 4.23. The van der Waals surface area contributed by atoms with Gasteiger partial charge in [-0.15, -0.1) is 0 Å². The fourth-order valence-corrected chi connectivity index (χ4v) is 2.11. The van der Waals surface area contributed by atoms with Crippen molar-refractivity contribution < 1.29 is 9.66 Å². The van der Waals surface area contributed by atoms with Gasteiger partial charge in [-0.2, -0.15) is 0 Å². The number of methoxy groups -OCH3 is 1. The van der Waals surface area contributed by atoms with Gasteiger partial charge in [-0.05, 0) is 30.9 Å².